The molecule has 0 aliphatic carbocycles. The Morgan fingerprint density at radius 3 is 2.76 bits per heavy atom. The maximum Gasteiger partial charge on any atom is 0.257 e. The molecule has 0 fully saturated rings. The first kappa shape index (κ1) is 24.5. The lowest BCUT2D eigenvalue weighted by molar-refractivity contribution is 0.102. The van der Waals surface area contributed by atoms with Gasteiger partial charge in [0.2, 0.25) is 0 Å². The Kier molecular flexibility index (Phi) is 6.12. The Bertz CT molecular complexity index is 1620. The minimum absolute atomic E-state index is 0.0840. The minimum Gasteiger partial charge on any atom is -0.306 e. The van der Waals surface area contributed by atoms with Crippen LogP contribution in [0.1, 0.15) is 58.4 Å². The largest absolute Gasteiger partial charge is 0.306 e. The summed E-state index contributed by atoms with van der Waals surface area (Å²) in [7, 11) is 0. The van der Waals surface area contributed by atoms with Crippen molar-refractivity contribution in [3.8, 4) is 5.69 Å². The van der Waals surface area contributed by atoms with Crippen molar-refractivity contribution in [2.75, 3.05) is 11.9 Å². The lowest BCUT2D eigenvalue weighted by Crippen LogP contribution is -2.30. The summed E-state index contributed by atoms with van der Waals surface area (Å²) in [6, 6.07) is 12.3. The summed E-state index contributed by atoms with van der Waals surface area (Å²) in [6.45, 7) is 11.0. The summed E-state index contributed by atoms with van der Waals surface area (Å²) >= 11 is 1.67. The third-order valence-corrected chi connectivity index (χ3v) is 8.04. The molecule has 0 atom stereocenters. The molecule has 0 radical (unpaired) electrons. The van der Waals surface area contributed by atoms with Crippen LogP contribution in [0, 0.1) is 6.92 Å². The van der Waals surface area contributed by atoms with Crippen LogP contribution in [-0.2, 0) is 24.9 Å². The fraction of sp³-hybridized carbons (Fsp3) is 0.310. The topological polar surface area (TPSA) is 91.7 Å². The fourth-order valence-electron chi connectivity index (χ4n) is 4.84. The molecule has 5 aromatic rings. The SMILES string of the molecule is Cc1ccc(-n2nc(C(C)(C)C)cc2NC(=O)c2csc3c2CCN(Cc2cnc4[nH]ncc4c2)C3)cc1. The molecule has 6 rings (SSSR count). The lowest BCUT2D eigenvalue weighted by Gasteiger charge is -2.27. The van der Waals surface area contributed by atoms with Gasteiger partial charge in [-0.2, -0.15) is 10.2 Å². The van der Waals surface area contributed by atoms with Gasteiger partial charge in [-0.1, -0.05) is 38.5 Å². The van der Waals surface area contributed by atoms with Gasteiger partial charge < -0.3 is 5.32 Å². The first-order valence-electron chi connectivity index (χ1n) is 12.8. The molecule has 0 bridgehead atoms. The zero-order chi connectivity index (χ0) is 26.4. The van der Waals surface area contributed by atoms with Gasteiger partial charge in [-0.15, -0.1) is 11.3 Å². The molecule has 0 saturated heterocycles. The minimum atomic E-state index is -0.141. The summed E-state index contributed by atoms with van der Waals surface area (Å²) in [5.74, 6) is 0.600. The standard InChI is InChI=1S/C29H31N7OS/c1-18-5-7-21(8-6-18)36-26(12-25(34-36)29(2,3)4)32-28(37)23-17-38-24-16-35(10-9-22(23)24)15-19-11-20-14-31-33-27(20)30-13-19/h5-8,11-14,17H,9-10,15-16H2,1-4H3,(H,32,37)(H,30,31,33). The monoisotopic (exact) mass is 525 g/mol. The van der Waals surface area contributed by atoms with Gasteiger partial charge in [-0.25, -0.2) is 9.67 Å². The second-order valence-corrected chi connectivity index (χ2v) is 12.0. The molecule has 0 saturated carbocycles. The molecular weight excluding hydrogens is 494 g/mol. The van der Waals surface area contributed by atoms with Crippen LogP contribution in [0.4, 0.5) is 5.82 Å². The van der Waals surface area contributed by atoms with Crippen molar-refractivity contribution < 1.29 is 4.79 Å². The number of aromatic amines is 1. The predicted octanol–water partition coefficient (Wildman–Crippen LogP) is 5.62. The molecule has 194 valence electrons. The molecule has 0 unspecified atom stereocenters. The first-order valence-corrected chi connectivity index (χ1v) is 13.7. The van der Waals surface area contributed by atoms with Gasteiger partial charge >= 0.3 is 0 Å². The number of aromatic nitrogens is 5. The molecule has 2 N–H and O–H groups in total. The Morgan fingerprint density at radius 1 is 1.16 bits per heavy atom. The second kappa shape index (κ2) is 9.49. The molecular formula is C29H31N7OS. The average Bonchev–Trinajstić information content (AvgIpc) is 3.62. The highest BCUT2D eigenvalue weighted by Gasteiger charge is 2.26. The van der Waals surface area contributed by atoms with Gasteiger partial charge in [-0.3, -0.25) is 14.8 Å². The zero-order valence-electron chi connectivity index (χ0n) is 22.1. The highest BCUT2D eigenvalue weighted by atomic mass is 32.1. The summed E-state index contributed by atoms with van der Waals surface area (Å²) in [4.78, 5) is 21.7. The number of anilines is 1. The molecule has 38 heavy (non-hydrogen) atoms. The molecule has 1 aliphatic rings. The third-order valence-electron chi connectivity index (χ3n) is 7.02. The Morgan fingerprint density at radius 2 is 1.97 bits per heavy atom. The number of nitrogens with one attached hydrogen (secondary N) is 2. The highest BCUT2D eigenvalue weighted by Crippen LogP contribution is 2.31. The van der Waals surface area contributed by atoms with Crippen molar-refractivity contribution in [3.63, 3.8) is 0 Å². The quantitative estimate of drug-likeness (QED) is 0.311. The number of pyridine rings is 1. The number of rotatable bonds is 5. The van der Waals surface area contributed by atoms with Gasteiger partial charge in [0.25, 0.3) is 5.91 Å². The fourth-order valence-corrected chi connectivity index (χ4v) is 5.96. The smallest absolute Gasteiger partial charge is 0.257 e. The van der Waals surface area contributed by atoms with Gasteiger partial charge in [0.15, 0.2) is 5.65 Å². The number of hydrogen-bond acceptors (Lipinski definition) is 6. The number of carbonyl (C=O) groups excluding carboxylic acids is 1. The molecule has 5 heterocycles. The van der Waals surface area contributed by atoms with Gasteiger partial charge in [0.05, 0.1) is 23.1 Å². The molecule has 0 spiro atoms. The van der Waals surface area contributed by atoms with Crippen LogP contribution in [-0.4, -0.2) is 42.3 Å². The number of hydrogen-bond donors (Lipinski definition) is 2. The number of thiophene rings is 1. The van der Waals surface area contributed by atoms with Crippen molar-refractivity contribution in [2.45, 2.75) is 52.6 Å². The Labute approximate surface area is 225 Å². The number of amides is 1. The molecule has 8 nitrogen and oxygen atoms in total. The van der Waals surface area contributed by atoms with Crippen LogP contribution in [0.25, 0.3) is 16.7 Å². The maximum atomic E-state index is 13.5. The number of aryl methyl sites for hydroxylation is 1. The van der Waals surface area contributed by atoms with E-state index in [1.54, 1.807) is 17.5 Å². The third kappa shape index (κ3) is 4.75. The van der Waals surface area contributed by atoms with Crippen molar-refractivity contribution in [2.24, 2.45) is 0 Å². The average molecular weight is 526 g/mol. The number of nitrogens with zero attached hydrogens (tertiary/aromatic N) is 5. The van der Waals surface area contributed by atoms with E-state index in [4.69, 9.17) is 5.10 Å². The van der Waals surface area contributed by atoms with Crippen LogP contribution in [0.3, 0.4) is 0 Å². The summed E-state index contributed by atoms with van der Waals surface area (Å²) in [6.07, 6.45) is 4.55. The van der Waals surface area contributed by atoms with Crippen LogP contribution in [0.15, 0.2) is 54.2 Å². The summed E-state index contributed by atoms with van der Waals surface area (Å²) in [5.41, 5.74) is 6.78. The number of H-pyrrole nitrogens is 1. The highest BCUT2D eigenvalue weighted by molar-refractivity contribution is 7.10. The zero-order valence-corrected chi connectivity index (χ0v) is 22.9. The first-order chi connectivity index (χ1) is 18.2. The van der Waals surface area contributed by atoms with E-state index in [0.717, 1.165) is 65.2 Å². The van der Waals surface area contributed by atoms with Crippen LogP contribution in [0.2, 0.25) is 0 Å². The normalized spacial score (nSPS) is 14.1. The lowest BCUT2D eigenvalue weighted by atomic mass is 9.92. The van der Waals surface area contributed by atoms with E-state index >= 15 is 0 Å². The van der Waals surface area contributed by atoms with E-state index in [2.05, 4.69) is 71.3 Å². The number of carbonyl (C=O) groups is 1. The predicted molar refractivity (Wildman–Crippen MR) is 151 cm³/mol. The van der Waals surface area contributed by atoms with Crippen molar-refractivity contribution in [1.29, 1.82) is 0 Å². The molecule has 1 amide bonds. The van der Waals surface area contributed by atoms with Crippen LogP contribution in [0.5, 0.6) is 0 Å². The van der Waals surface area contributed by atoms with E-state index in [1.807, 2.05) is 34.5 Å². The molecule has 4 aromatic heterocycles. The van der Waals surface area contributed by atoms with Gasteiger partial charge in [0.1, 0.15) is 5.82 Å². The second-order valence-electron chi connectivity index (χ2n) is 11.0. The van der Waals surface area contributed by atoms with Gasteiger partial charge in [-0.05, 0) is 42.7 Å². The number of fused-ring (bicyclic) bond motifs is 2. The van der Waals surface area contributed by atoms with Crippen LogP contribution < -0.4 is 5.32 Å². The molecule has 1 aromatic carbocycles. The summed E-state index contributed by atoms with van der Waals surface area (Å²) in [5, 5.41) is 18.0. The molecule has 9 heteroatoms. The Balaban J connectivity index is 1.21. The van der Waals surface area contributed by atoms with E-state index < -0.39 is 0 Å². The van der Waals surface area contributed by atoms with Crippen molar-refractivity contribution in [3.05, 3.63) is 87.0 Å². The van der Waals surface area contributed by atoms with Gasteiger partial charge in [0, 0.05) is 53.0 Å². The molecule has 1 aliphatic heterocycles. The summed E-state index contributed by atoms with van der Waals surface area (Å²) < 4.78 is 1.84. The maximum absolute atomic E-state index is 13.5. The van der Waals surface area contributed by atoms with Crippen molar-refractivity contribution >= 4 is 34.1 Å². The van der Waals surface area contributed by atoms with Crippen LogP contribution >= 0.6 is 11.3 Å². The van der Waals surface area contributed by atoms with E-state index in [-0.39, 0.29) is 11.3 Å². The van der Waals surface area contributed by atoms with E-state index in [9.17, 15) is 4.79 Å². The van der Waals surface area contributed by atoms with E-state index in [1.165, 1.54) is 10.4 Å². The van der Waals surface area contributed by atoms with E-state index in [0.29, 0.717) is 5.82 Å². The number of benzene rings is 1. The Hall–Kier alpha value is -3.82. The van der Waals surface area contributed by atoms with Crippen molar-refractivity contribution in [1.82, 2.24) is 29.9 Å².